The van der Waals surface area contributed by atoms with Crippen molar-refractivity contribution in [2.75, 3.05) is 11.5 Å². The van der Waals surface area contributed by atoms with Crippen LogP contribution in [0.25, 0.3) is 0 Å². The second-order valence-corrected chi connectivity index (χ2v) is 3.33. The van der Waals surface area contributed by atoms with Gasteiger partial charge in [0.15, 0.2) is 0 Å². The van der Waals surface area contributed by atoms with E-state index in [0.717, 1.165) is 22.5 Å². The molecule has 14 heavy (non-hydrogen) atoms. The maximum absolute atomic E-state index is 5.83. The van der Waals surface area contributed by atoms with Gasteiger partial charge in [0.05, 0.1) is 11.4 Å². The Morgan fingerprint density at radius 2 is 0.786 bits per heavy atom. The lowest BCUT2D eigenvalue weighted by atomic mass is 9.96. The van der Waals surface area contributed by atoms with Gasteiger partial charge in [-0.3, -0.25) is 0 Å². The van der Waals surface area contributed by atoms with Crippen LogP contribution in [0, 0.1) is 27.7 Å². The van der Waals surface area contributed by atoms with Crippen LogP contribution in [-0.4, -0.2) is 0 Å². The minimum atomic E-state index is 0.732. The Hall–Kier alpha value is -1.18. The lowest BCUT2D eigenvalue weighted by molar-refractivity contribution is 1.22. The first-order valence-corrected chi connectivity index (χ1v) is 5.08. The molecule has 0 aliphatic rings. The van der Waals surface area contributed by atoms with Crippen LogP contribution in [-0.2, 0) is 0 Å². The van der Waals surface area contributed by atoms with Crippen molar-refractivity contribution in [2.24, 2.45) is 0 Å². The molecule has 2 nitrogen and oxygen atoms in total. The second kappa shape index (κ2) is 4.89. The van der Waals surface area contributed by atoms with E-state index in [4.69, 9.17) is 11.5 Å². The second-order valence-electron chi connectivity index (χ2n) is 3.33. The van der Waals surface area contributed by atoms with Crippen LogP contribution in [0.1, 0.15) is 36.1 Å². The van der Waals surface area contributed by atoms with E-state index in [2.05, 4.69) is 13.8 Å². The summed E-state index contributed by atoms with van der Waals surface area (Å²) >= 11 is 0. The monoisotopic (exact) mass is 194 g/mol. The predicted molar refractivity (Wildman–Crippen MR) is 65.6 cm³/mol. The molecule has 0 radical (unpaired) electrons. The van der Waals surface area contributed by atoms with Crippen LogP contribution >= 0.6 is 0 Å². The Labute approximate surface area is 87.3 Å². The fraction of sp³-hybridized carbons (Fsp3) is 0.500. The lowest BCUT2D eigenvalue weighted by Crippen LogP contribution is -2.04. The Balaban J connectivity index is 0.000000791. The molecule has 0 atom stereocenters. The number of nitrogens with two attached hydrogens (primary N) is 2. The van der Waals surface area contributed by atoms with Gasteiger partial charge in [0.1, 0.15) is 0 Å². The summed E-state index contributed by atoms with van der Waals surface area (Å²) < 4.78 is 0. The van der Waals surface area contributed by atoms with Crippen LogP contribution in [0.5, 0.6) is 0 Å². The van der Waals surface area contributed by atoms with Gasteiger partial charge in [-0.15, -0.1) is 0 Å². The van der Waals surface area contributed by atoms with Gasteiger partial charge in [0.2, 0.25) is 0 Å². The molecule has 0 aromatic heterocycles. The first-order valence-electron chi connectivity index (χ1n) is 5.08. The average Bonchev–Trinajstić information content (AvgIpc) is 2.24. The van der Waals surface area contributed by atoms with Crippen molar-refractivity contribution in [2.45, 2.75) is 41.5 Å². The van der Waals surface area contributed by atoms with Crippen molar-refractivity contribution < 1.29 is 0 Å². The molecule has 0 aliphatic carbocycles. The molecule has 0 aliphatic heterocycles. The highest BCUT2D eigenvalue weighted by atomic mass is 14.7. The fourth-order valence-electron chi connectivity index (χ4n) is 1.37. The third-order valence-electron chi connectivity index (χ3n) is 2.79. The molecule has 1 aromatic rings. The summed E-state index contributed by atoms with van der Waals surface area (Å²) in [4.78, 5) is 0. The summed E-state index contributed by atoms with van der Waals surface area (Å²) in [5, 5.41) is 0. The highest BCUT2D eigenvalue weighted by Crippen LogP contribution is 2.29. The molecule has 0 fully saturated rings. The molecule has 0 heterocycles. The van der Waals surface area contributed by atoms with Gasteiger partial charge in [-0.1, -0.05) is 13.8 Å². The average molecular weight is 194 g/mol. The van der Waals surface area contributed by atoms with E-state index in [-0.39, 0.29) is 0 Å². The quantitative estimate of drug-likeness (QED) is 0.623. The molecule has 0 saturated heterocycles. The molecular weight excluding hydrogens is 172 g/mol. The number of nitrogen functional groups attached to an aromatic ring is 2. The van der Waals surface area contributed by atoms with Crippen molar-refractivity contribution in [1.29, 1.82) is 0 Å². The Morgan fingerprint density at radius 1 is 0.571 bits per heavy atom. The van der Waals surface area contributed by atoms with E-state index in [0.29, 0.717) is 0 Å². The van der Waals surface area contributed by atoms with E-state index in [1.54, 1.807) is 0 Å². The van der Waals surface area contributed by atoms with Crippen LogP contribution < -0.4 is 11.5 Å². The van der Waals surface area contributed by atoms with E-state index >= 15 is 0 Å². The van der Waals surface area contributed by atoms with E-state index in [1.807, 2.05) is 27.7 Å². The Bertz CT molecular complexity index is 223. The zero-order valence-electron chi connectivity index (χ0n) is 10.2. The largest absolute Gasteiger partial charge is 0.397 e. The molecule has 0 bridgehead atoms. The van der Waals surface area contributed by atoms with Gasteiger partial charge in [-0.25, -0.2) is 0 Å². The van der Waals surface area contributed by atoms with E-state index < -0.39 is 0 Å². The summed E-state index contributed by atoms with van der Waals surface area (Å²) in [6, 6.07) is 0. The lowest BCUT2D eigenvalue weighted by Gasteiger charge is -2.14. The molecule has 0 spiro atoms. The topological polar surface area (TPSA) is 52.0 Å². The third-order valence-corrected chi connectivity index (χ3v) is 2.79. The summed E-state index contributed by atoms with van der Waals surface area (Å²) in [6.07, 6.45) is 0. The smallest absolute Gasteiger partial charge is 0.0583 e. The van der Waals surface area contributed by atoms with E-state index in [9.17, 15) is 0 Å². The van der Waals surface area contributed by atoms with Crippen LogP contribution in [0.3, 0.4) is 0 Å². The van der Waals surface area contributed by atoms with Crippen molar-refractivity contribution in [3.05, 3.63) is 22.3 Å². The van der Waals surface area contributed by atoms with Gasteiger partial charge in [-0.05, 0) is 49.9 Å². The van der Waals surface area contributed by atoms with Crippen LogP contribution in [0.15, 0.2) is 0 Å². The first kappa shape index (κ1) is 12.8. The van der Waals surface area contributed by atoms with Gasteiger partial charge < -0.3 is 11.5 Å². The minimum Gasteiger partial charge on any atom is -0.397 e. The first-order chi connectivity index (χ1) is 6.46. The zero-order chi connectivity index (χ0) is 11.5. The van der Waals surface area contributed by atoms with Crippen molar-refractivity contribution in [3.8, 4) is 0 Å². The third kappa shape index (κ3) is 2.00. The Kier molecular flexibility index (Phi) is 4.48. The minimum absolute atomic E-state index is 0.732. The maximum Gasteiger partial charge on any atom is 0.0583 e. The van der Waals surface area contributed by atoms with Crippen molar-refractivity contribution in [3.63, 3.8) is 0 Å². The standard InChI is InChI=1S/C10H16N2.C2H6/c1-5-6(2)8(4)10(12)9(11)7(5)3;1-2/h11-12H2,1-4H3;1-2H3. The number of benzene rings is 1. The molecule has 0 saturated carbocycles. The maximum atomic E-state index is 5.83. The van der Waals surface area contributed by atoms with Crippen LogP contribution in [0.2, 0.25) is 0 Å². The molecule has 1 aromatic carbocycles. The van der Waals surface area contributed by atoms with Gasteiger partial charge in [-0.2, -0.15) is 0 Å². The SMILES string of the molecule is CC.Cc1c(C)c(C)c(N)c(N)c1C. The Morgan fingerprint density at radius 3 is 1.00 bits per heavy atom. The molecule has 4 N–H and O–H groups in total. The molecule has 0 unspecified atom stereocenters. The zero-order valence-corrected chi connectivity index (χ0v) is 10.2. The normalized spacial score (nSPS) is 9.29. The van der Waals surface area contributed by atoms with Gasteiger partial charge in [0, 0.05) is 0 Å². The summed E-state index contributed by atoms with van der Waals surface area (Å²) in [5.41, 5.74) is 17.8. The predicted octanol–water partition coefficient (Wildman–Crippen LogP) is 3.11. The van der Waals surface area contributed by atoms with E-state index in [1.165, 1.54) is 11.1 Å². The molecule has 0 amide bonds. The van der Waals surface area contributed by atoms with Crippen LogP contribution in [0.4, 0.5) is 11.4 Å². The number of rotatable bonds is 0. The molecular formula is C12H22N2. The molecule has 1 rings (SSSR count). The summed E-state index contributed by atoms with van der Waals surface area (Å²) in [7, 11) is 0. The number of hydrogen-bond acceptors (Lipinski definition) is 2. The number of anilines is 2. The van der Waals surface area contributed by atoms with Gasteiger partial charge in [0.25, 0.3) is 0 Å². The van der Waals surface area contributed by atoms with Crippen molar-refractivity contribution in [1.82, 2.24) is 0 Å². The molecule has 2 heteroatoms. The number of hydrogen-bond donors (Lipinski definition) is 2. The highest BCUT2D eigenvalue weighted by Gasteiger charge is 2.09. The summed E-state index contributed by atoms with van der Waals surface area (Å²) in [5.74, 6) is 0. The van der Waals surface area contributed by atoms with Gasteiger partial charge >= 0.3 is 0 Å². The fourth-order valence-corrected chi connectivity index (χ4v) is 1.37. The van der Waals surface area contributed by atoms with Crippen molar-refractivity contribution >= 4 is 11.4 Å². The highest BCUT2D eigenvalue weighted by molar-refractivity contribution is 5.74. The summed E-state index contributed by atoms with van der Waals surface area (Å²) in [6.45, 7) is 12.2. The molecule has 80 valence electrons.